The highest BCUT2D eigenvalue weighted by atomic mass is 16.4. The van der Waals surface area contributed by atoms with E-state index in [1.165, 1.54) is 16.7 Å². The average Bonchev–Trinajstić information content (AvgIpc) is 2.43. The van der Waals surface area contributed by atoms with E-state index in [9.17, 15) is 4.79 Å². The van der Waals surface area contributed by atoms with E-state index >= 15 is 0 Å². The van der Waals surface area contributed by atoms with Gasteiger partial charge in [-0.1, -0.05) is 24.3 Å². The van der Waals surface area contributed by atoms with Crippen LogP contribution in [0.3, 0.4) is 0 Å². The molecular formula is C18H21NO2. The first-order valence-corrected chi connectivity index (χ1v) is 7.06. The Kier molecular flexibility index (Phi) is 4.32. The van der Waals surface area contributed by atoms with Crippen LogP contribution in [0.5, 0.6) is 0 Å². The lowest BCUT2D eigenvalue weighted by Crippen LogP contribution is -2.09. The van der Waals surface area contributed by atoms with Gasteiger partial charge in [0.05, 0.1) is 5.56 Å². The van der Waals surface area contributed by atoms with E-state index in [1.807, 2.05) is 13.0 Å². The van der Waals surface area contributed by atoms with E-state index < -0.39 is 5.97 Å². The van der Waals surface area contributed by atoms with Gasteiger partial charge in [-0.15, -0.1) is 0 Å². The summed E-state index contributed by atoms with van der Waals surface area (Å²) < 4.78 is 0. The van der Waals surface area contributed by atoms with Crippen LogP contribution in [0.15, 0.2) is 36.4 Å². The summed E-state index contributed by atoms with van der Waals surface area (Å²) in [6, 6.07) is 11.7. The number of aromatic carboxylic acids is 1. The minimum atomic E-state index is -0.906. The van der Waals surface area contributed by atoms with Crippen LogP contribution in [0.2, 0.25) is 0 Å². The van der Waals surface area contributed by atoms with Crippen LogP contribution < -0.4 is 5.32 Å². The van der Waals surface area contributed by atoms with E-state index in [4.69, 9.17) is 5.11 Å². The summed E-state index contributed by atoms with van der Waals surface area (Å²) in [5.41, 5.74) is 5.93. The predicted octanol–water partition coefficient (Wildman–Crippen LogP) is 4.48. The van der Waals surface area contributed by atoms with E-state index in [1.54, 1.807) is 12.1 Å². The quantitative estimate of drug-likeness (QED) is 0.869. The number of nitrogens with one attached hydrogen (secondary N) is 1. The second-order valence-electron chi connectivity index (χ2n) is 5.54. The molecule has 0 aliphatic rings. The number of hydrogen-bond donors (Lipinski definition) is 2. The fourth-order valence-electron chi connectivity index (χ4n) is 2.26. The molecule has 0 bridgehead atoms. The van der Waals surface area contributed by atoms with E-state index in [0.29, 0.717) is 5.56 Å². The molecule has 1 unspecified atom stereocenters. The third-order valence-electron chi connectivity index (χ3n) is 3.89. The molecule has 1 atom stereocenters. The molecule has 0 fully saturated rings. The monoisotopic (exact) mass is 283 g/mol. The van der Waals surface area contributed by atoms with Crippen molar-refractivity contribution in [2.75, 3.05) is 5.32 Å². The average molecular weight is 283 g/mol. The van der Waals surface area contributed by atoms with Crippen molar-refractivity contribution in [3.8, 4) is 0 Å². The molecule has 21 heavy (non-hydrogen) atoms. The van der Waals surface area contributed by atoms with E-state index in [0.717, 1.165) is 11.3 Å². The highest BCUT2D eigenvalue weighted by Crippen LogP contribution is 2.24. The van der Waals surface area contributed by atoms with Gasteiger partial charge in [0.15, 0.2) is 0 Å². The van der Waals surface area contributed by atoms with Crippen LogP contribution in [0.25, 0.3) is 0 Å². The van der Waals surface area contributed by atoms with Crippen LogP contribution in [0.1, 0.15) is 45.6 Å². The largest absolute Gasteiger partial charge is 0.478 e. The molecule has 2 rings (SSSR count). The van der Waals surface area contributed by atoms with Gasteiger partial charge < -0.3 is 10.4 Å². The fourth-order valence-corrected chi connectivity index (χ4v) is 2.26. The third-order valence-corrected chi connectivity index (χ3v) is 3.89. The second kappa shape index (κ2) is 6.00. The maximum Gasteiger partial charge on any atom is 0.335 e. The fraction of sp³-hybridized carbons (Fsp3) is 0.278. The summed E-state index contributed by atoms with van der Waals surface area (Å²) >= 11 is 0. The minimum Gasteiger partial charge on any atom is -0.478 e. The van der Waals surface area contributed by atoms with Crippen LogP contribution in [0, 0.1) is 20.8 Å². The number of rotatable bonds is 4. The Morgan fingerprint density at radius 2 is 1.67 bits per heavy atom. The second-order valence-corrected chi connectivity index (χ2v) is 5.54. The molecular weight excluding hydrogens is 262 g/mol. The standard InChI is InChI=1S/C18H21NO2/c1-11-5-7-15(9-13(11)3)14(4)19-17-10-16(18(20)21)8-6-12(17)2/h5-10,14,19H,1-4H3,(H,20,21). The van der Waals surface area contributed by atoms with Gasteiger partial charge in [0.2, 0.25) is 0 Å². The molecule has 0 heterocycles. The lowest BCUT2D eigenvalue weighted by atomic mass is 10.0. The first-order chi connectivity index (χ1) is 9.88. The third kappa shape index (κ3) is 3.43. The van der Waals surface area contributed by atoms with Crippen molar-refractivity contribution in [1.82, 2.24) is 0 Å². The van der Waals surface area contributed by atoms with Crippen molar-refractivity contribution >= 4 is 11.7 Å². The number of anilines is 1. The number of carbonyl (C=O) groups is 1. The highest BCUT2D eigenvalue weighted by molar-refractivity contribution is 5.89. The zero-order valence-corrected chi connectivity index (χ0v) is 12.9. The highest BCUT2D eigenvalue weighted by Gasteiger charge is 2.10. The van der Waals surface area contributed by atoms with Crippen molar-refractivity contribution < 1.29 is 9.90 Å². The van der Waals surface area contributed by atoms with Gasteiger partial charge in [-0.05, 0) is 62.1 Å². The predicted molar refractivity (Wildman–Crippen MR) is 86.1 cm³/mol. The molecule has 0 aromatic heterocycles. The SMILES string of the molecule is Cc1ccc(C(C)Nc2cc(C(=O)O)ccc2C)cc1C. The zero-order chi connectivity index (χ0) is 15.6. The lowest BCUT2D eigenvalue weighted by Gasteiger charge is -2.19. The summed E-state index contributed by atoms with van der Waals surface area (Å²) in [4.78, 5) is 11.1. The molecule has 0 saturated heterocycles. The number of carboxylic acids is 1. The molecule has 2 aromatic carbocycles. The Bertz CT molecular complexity index is 677. The van der Waals surface area contributed by atoms with Gasteiger partial charge in [-0.25, -0.2) is 4.79 Å². The maximum absolute atomic E-state index is 11.1. The Hall–Kier alpha value is -2.29. The van der Waals surface area contributed by atoms with Gasteiger partial charge in [0, 0.05) is 11.7 Å². The molecule has 3 nitrogen and oxygen atoms in total. The summed E-state index contributed by atoms with van der Waals surface area (Å²) in [7, 11) is 0. The smallest absolute Gasteiger partial charge is 0.335 e. The molecule has 0 amide bonds. The Morgan fingerprint density at radius 1 is 1.00 bits per heavy atom. The molecule has 0 aliphatic heterocycles. The van der Waals surface area contributed by atoms with Gasteiger partial charge in [0.1, 0.15) is 0 Å². The van der Waals surface area contributed by atoms with Crippen molar-refractivity contribution in [2.24, 2.45) is 0 Å². The van der Waals surface area contributed by atoms with Gasteiger partial charge in [0.25, 0.3) is 0 Å². The first kappa shape index (κ1) is 15.1. The minimum absolute atomic E-state index is 0.118. The number of benzene rings is 2. The summed E-state index contributed by atoms with van der Waals surface area (Å²) in [6.45, 7) is 8.25. The van der Waals surface area contributed by atoms with Crippen LogP contribution in [-0.2, 0) is 0 Å². The van der Waals surface area contributed by atoms with Gasteiger partial charge in [-0.2, -0.15) is 0 Å². The summed E-state index contributed by atoms with van der Waals surface area (Å²) in [6.07, 6.45) is 0. The first-order valence-electron chi connectivity index (χ1n) is 7.06. The van der Waals surface area contributed by atoms with Crippen molar-refractivity contribution in [3.05, 3.63) is 64.2 Å². The Balaban J connectivity index is 2.26. The number of aryl methyl sites for hydroxylation is 3. The van der Waals surface area contributed by atoms with Crippen LogP contribution >= 0.6 is 0 Å². The molecule has 110 valence electrons. The summed E-state index contributed by atoms with van der Waals surface area (Å²) in [5, 5.41) is 12.5. The number of carboxylic acid groups (broad SMARTS) is 1. The zero-order valence-electron chi connectivity index (χ0n) is 12.9. The molecule has 3 heteroatoms. The van der Waals surface area contributed by atoms with Gasteiger partial charge >= 0.3 is 5.97 Å². The molecule has 2 N–H and O–H groups in total. The molecule has 2 aromatic rings. The normalized spacial score (nSPS) is 12.0. The van der Waals surface area contributed by atoms with Gasteiger partial charge in [-0.3, -0.25) is 0 Å². The maximum atomic E-state index is 11.1. The lowest BCUT2D eigenvalue weighted by molar-refractivity contribution is 0.0697. The Labute approximate surface area is 125 Å². The molecule has 0 spiro atoms. The molecule has 0 radical (unpaired) electrons. The topological polar surface area (TPSA) is 49.3 Å². The van der Waals surface area contributed by atoms with Crippen molar-refractivity contribution in [3.63, 3.8) is 0 Å². The Morgan fingerprint density at radius 3 is 2.29 bits per heavy atom. The van der Waals surface area contributed by atoms with E-state index in [2.05, 4.69) is 44.3 Å². The van der Waals surface area contributed by atoms with Crippen molar-refractivity contribution in [1.29, 1.82) is 0 Å². The summed E-state index contributed by atoms with van der Waals surface area (Å²) in [5.74, 6) is -0.906. The molecule has 0 saturated carbocycles. The van der Waals surface area contributed by atoms with Crippen LogP contribution in [0.4, 0.5) is 5.69 Å². The van der Waals surface area contributed by atoms with Crippen molar-refractivity contribution in [2.45, 2.75) is 33.7 Å². The number of hydrogen-bond acceptors (Lipinski definition) is 2. The van der Waals surface area contributed by atoms with Crippen LogP contribution in [-0.4, -0.2) is 11.1 Å². The van der Waals surface area contributed by atoms with E-state index in [-0.39, 0.29) is 6.04 Å². The molecule has 0 aliphatic carbocycles.